The molecule has 0 bridgehead atoms. The van der Waals surface area contributed by atoms with Gasteiger partial charge in [0.25, 0.3) is 0 Å². The standard InChI is InChI=1S/C13H19NO2S/c1-10(11-6-8-17-9-11)14-7-4-2-3-5-12(14)13(15)16/h6,8-10,12H,2-5,7H2,1H3,(H,15,16). The summed E-state index contributed by atoms with van der Waals surface area (Å²) >= 11 is 1.67. The Hall–Kier alpha value is -0.870. The number of hydrogen-bond acceptors (Lipinski definition) is 3. The Bertz CT molecular complexity index is 364. The van der Waals surface area contributed by atoms with Crippen LogP contribution in [0.2, 0.25) is 0 Å². The van der Waals surface area contributed by atoms with E-state index in [0.29, 0.717) is 0 Å². The molecule has 1 saturated heterocycles. The average Bonchev–Trinajstić information content (AvgIpc) is 2.71. The van der Waals surface area contributed by atoms with Crippen molar-refractivity contribution < 1.29 is 9.90 Å². The van der Waals surface area contributed by atoms with Gasteiger partial charge in [-0.05, 0) is 48.7 Å². The zero-order chi connectivity index (χ0) is 12.3. The van der Waals surface area contributed by atoms with Crippen molar-refractivity contribution in [2.24, 2.45) is 0 Å². The molecule has 2 atom stereocenters. The number of likely N-dealkylation sites (tertiary alicyclic amines) is 1. The summed E-state index contributed by atoms with van der Waals surface area (Å²) in [5.41, 5.74) is 1.24. The third-order valence-electron chi connectivity index (χ3n) is 3.60. The summed E-state index contributed by atoms with van der Waals surface area (Å²) < 4.78 is 0. The topological polar surface area (TPSA) is 40.5 Å². The Morgan fingerprint density at radius 1 is 1.53 bits per heavy atom. The van der Waals surface area contributed by atoms with E-state index in [9.17, 15) is 9.90 Å². The average molecular weight is 253 g/mol. The maximum Gasteiger partial charge on any atom is 0.320 e. The maximum atomic E-state index is 11.4. The van der Waals surface area contributed by atoms with Crippen LogP contribution in [0.5, 0.6) is 0 Å². The normalized spacial score (nSPS) is 24.2. The maximum absolute atomic E-state index is 11.4. The highest BCUT2D eigenvalue weighted by Gasteiger charge is 2.30. The van der Waals surface area contributed by atoms with Crippen molar-refractivity contribution in [2.75, 3.05) is 6.54 Å². The molecule has 2 heterocycles. The molecule has 4 heteroatoms. The van der Waals surface area contributed by atoms with Crippen LogP contribution in [0.3, 0.4) is 0 Å². The number of nitrogens with zero attached hydrogens (tertiary/aromatic N) is 1. The van der Waals surface area contributed by atoms with Crippen LogP contribution in [-0.2, 0) is 4.79 Å². The Morgan fingerprint density at radius 2 is 2.35 bits per heavy atom. The minimum absolute atomic E-state index is 0.209. The van der Waals surface area contributed by atoms with Gasteiger partial charge < -0.3 is 5.11 Å². The number of aliphatic carboxylic acids is 1. The molecule has 2 unspecified atom stereocenters. The lowest BCUT2D eigenvalue weighted by molar-refractivity contribution is -0.144. The molecule has 0 aliphatic carbocycles. The van der Waals surface area contributed by atoms with Crippen molar-refractivity contribution in [1.82, 2.24) is 4.90 Å². The van der Waals surface area contributed by atoms with Crippen molar-refractivity contribution in [3.8, 4) is 0 Å². The van der Waals surface area contributed by atoms with Crippen molar-refractivity contribution in [1.29, 1.82) is 0 Å². The van der Waals surface area contributed by atoms with E-state index in [1.807, 2.05) is 0 Å². The van der Waals surface area contributed by atoms with Crippen LogP contribution in [0.25, 0.3) is 0 Å². The number of carboxylic acids is 1. The number of carboxylic acid groups (broad SMARTS) is 1. The lowest BCUT2D eigenvalue weighted by atomic mass is 10.1. The van der Waals surface area contributed by atoms with Gasteiger partial charge in [-0.3, -0.25) is 9.69 Å². The van der Waals surface area contributed by atoms with Gasteiger partial charge in [0.05, 0.1) is 0 Å². The van der Waals surface area contributed by atoms with Gasteiger partial charge in [0.1, 0.15) is 6.04 Å². The smallest absolute Gasteiger partial charge is 0.320 e. The molecule has 0 spiro atoms. The molecule has 1 aliphatic rings. The van der Waals surface area contributed by atoms with Gasteiger partial charge in [-0.25, -0.2) is 0 Å². The molecule has 94 valence electrons. The minimum atomic E-state index is -0.672. The van der Waals surface area contributed by atoms with E-state index in [4.69, 9.17) is 0 Å². The Balaban J connectivity index is 2.17. The monoisotopic (exact) mass is 253 g/mol. The van der Waals surface area contributed by atoms with E-state index in [1.165, 1.54) is 5.56 Å². The van der Waals surface area contributed by atoms with Crippen molar-refractivity contribution in [2.45, 2.75) is 44.7 Å². The first-order valence-corrected chi connectivity index (χ1v) is 7.15. The first-order chi connectivity index (χ1) is 8.20. The molecule has 3 nitrogen and oxygen atoms in total. The van der Waals surface area contributed by atoms with Gasteiger partial charge in [0.15, 0.2) is 0 Å². The van der Waals surface area contributed by atoms with Crippen molar-refractivity contribution >= 4 is 17.3 Å². The molecule has 1 aromatic heterocycles. The lowest BCUT2D eigenvalue weighted by Crippen LogP contribution is -2.42. The third-order valence-corrected chi connectivity index (χ3v) is 4.30. The van der Waals surface area contributed by atoms with Crippen LogP contribution < -0.4 is 0 Å². The Labute approximate surface area is 106 Å². The van der Waals surface area contributed by atoms with E-state index in [-0.39, 0.29) is 12.1 Å². The third kappa shape index (κ3) is 2.87. The number of carbonyl (C=O) groups is 1. The fourth-order valence-electron chi connectivity index (χ4n) is 2.56. The van der Waals surface area contributed by atoms with Gasteiger partial charge in [0.2, 0.25) is 0 Å². The van der Waals surface area contributed by atoms with Crippen molar-refractivity contribution in [3.63, 3.8) is 0 Å². The molecule has 1 aliphatic heterocycles. The zero-order valence-electron chi connectivity index (χ0n) is 10.1. The number of hydrogen-bond donors (Lipinski definition) is 1. The summed E-state index contributed by atoms with van der Waals surface area (Å²) in [6.07, 6.45) is 4.07. The summed E-state index contributed by atoms with van der Waals surface area (Å²) in [5.74, 6) is -0.672. The van der Waals surface area contributed by atoms with Crippen LogP contribution in [0.1, 0.15) is 44.2 Å². The predicted molar refractivity (Wildman–Crippen MR) is 69.3 cm³/mol. The molecule has 0 radical (unpaired) electrons. The first-order valence-electron chi connectivity index (χ1n) is 6.21. The molecule has 2 rings (SSSR count). The van der Waals surface area contributed by atoms with E-state index >= 15 is 0 Å². The highest BCUT2D eigenvalue weighted by Crippen LogP contribution is 2.28. The molecule has 0 saturated carbocycles. The highest BCUT2D eigenvalue weighted by atomic mass is 32.1. The molecule has 1 fully saturated rings. The Morgan fingerprint density at radius 3 is 3.00 bits per heavy atom. The summed E-state index contributed by atoms with van der Waals surface area (Å²) in [6.45, 7) is 3.01. The first kappa shape index (κ1) is 12.6. The molecular weight excluding hydrogens is 234 g/mol. The summed E-state index contributed by atoms with van der Waals surface area (Å²) in [6, 6.07) is 1.99. The van der Waals surface area contributed by atoms with E-state index in [2.05, 4.69) is 28.7 Å². The van der Waals surface area contributed by atoms with Gasteiger partial charge in [-0.2, -0.15) is 11.3 Å². The second-order valence-corrected chi connectivity index (χ2v) is 5.45. The van der Waals surface area contributed by atoms with Gasteiger partial charge in [-0.15, -0.1) is 0 Å². The number of thiophene rings is 1. The van der Waals surface area contributed by atoms with Gasteiger partial charge in [0, 0.05) is 6.04 Å². The van der Waals surface area contributed by atoms with Gasteiger partial charge in [-0.1, -0.05) is 12.8 Å². The molecular formula is C13H19NO2S. The van der Waals surface area contributed by atoms with Gasteiger partial charge >= 0.3 is 5.97 Å². The molecule has 1 aromatic rings. The van der Waals surface area contributed by atoms with Crippen LogP contribution in [0.4, 0.5) is 0 Å². The fourth-order valence-corrected chi connectivity index (χ4v) is 3.31. The van der Waals surface area contributed by atoms with Crippen LogP contribution in [-0.4, -0.2) is 28.6 Å². The van der Waals surface area contributed by atoms with Crippen molar-refractivity contribution in [3.05, 3.63) is 22.4 Å². The molecule has 0 aromatic carbocycles. The minimum Gasteiger partial charge on any atom is -0.480 e. The fraction of sp³-hybridized carbons (Fsp3) is 0.615. The summed E-state index contributed by atoms with van der Waals surface area (Å²) in [4.78, 5) is 13.5. The van der Waals surface area contributed by atoms with E-state index in [1.54, 1.807) is 11.3 Å². The largest absolute Gasteiger partial charge is 0.480 e. The SMILES string of the molecule is CC(c1ccsc1)N1CCCCCC1C(=O)O. The molecule has 17 heavy (non-hydrogen) atoms. The zero-order valence-corrected chi connectivity index (χ0v) is 10.9. The van der Waals surface area contributed by atoms with E-state index in [0.717, 1.165) is 32.2 Å². The quantitative estimate of drug-likeness (QED) is 0.899. The second-order valence-electron chi connectivity index (χ2n) is 4.67. The molecule has 1 N–H and O–H groups in total. The summed E-state index contributed by atoms with van der Waals surface area (Å²) in [7, 11) is 0. The van der Waals surface area contributed by atoms with Crippen LogP contribution in [0.15, 0.2) is 16.8 Å². The lowest BCUT2D eigenvalue weighted by Gasteiger charge is -2.32. The Kier molecular flexibility index (Phi) is 4.18. The predicted octanol–water partition coefficient (Wildman–Crippen LogP) is 3.14. The second kappa shape index (κ2) is 5.65. The summed E-state index contributed by atoms with van der Waals surface area (Å²) in [5, 5.41) is 13.5. The van der Waals surface area contributed by atoms with E-state index < -0.39 is 5.97 Å². The van der Waals surface area contributed by atoms with Crippen LogP contribution >= 0.6 is 11.3 Å². The van der Waals surface area contributed by atoms with Crippen LogP contribution in [0, 0.1) is 0 Å². The highest BCUT2D eigenvalue weighted by molar-refractivity contribution is 7.07. The number of rotatable bonds is 3. The molecule has 0 amide bonds.